The summed E-state index contributed by atoms with van der Waals surface area (Å²) in [5.74, 6) is -0.0873. The van der Waals surface area contributed by atoms with Gasteiger partial charge < -0.3 is 10.1 Å². The van der Waals surface area contributed by atoms with Gasteiger partial charge in [-0.2, -0.15) is 0 Å². The maximum absolute atomic E-state index is 11.6. The Morgan fingerprint density at radius 3 is 2.95 bits per heavy atom. The van der Waals surface area contributed by atoms with E-state index in [1.807, 2.05) is 30.3 Å². The first kappa shape index (κ1) is 13.5. The number of carbonyl (C=O) groups excluding carboxylic acids is 1. The maximum atomic E-state index is 11.6. The average Bonchev–Trinajstić information content (AvgIpc) is 2.46. The highest BCUT2D eigenvalue weighted by Crippen LogP contribution is 2.15. The van der Waals surface area contributed by atoms with E-state index >= 15 is 0 Å². The van der Waals surface area contributed by atoms with Crippen molar-refractivity contribution < 1.29 is 9.53 Å². The summed E-state index contributed by atoms with van der Waals surface area (Å²) < 4.78 is 4.96. The number of carbonyl (C=O) groups is 1. The molecule has 19 heavy (non-hydrogen) atoms. The normalized spacial score (nSPS) is 12.3. The fourth-order valence-corrected chi connectivity index (χ4v) is 1.94. The molecule has 0 aliphatic heterocycles. The quantitative estimate of drug-likeness (QED) is 0.891. The van der Waals surface area contributed by atoms with Gasteiger partial charge in [-0.1, -0.05) is 24.3 Å². The molecule has 0 fully saturated rings. The molecule has 1 N–H and O–H groups in total. The van der Waals surface area contributed by atoms with Crippen LogP contribution in [-0.2, 0) is 16.0 Å². The highest BCUT2D eigenvalue weighted by molar-refractivity contribution is 5.82. The molecule has 0 radical (unpaired) electrons. The molecule has 0 aliphatic rings. The van der Waals surface area contributed by atoms with Crippen LogP contribution in [0.4, 0.5) is 0 Å². The van der Waals surface area contributed by atoms with Crippen LogP contribution in [0.2, 0.25) is 0 Å². The summed E-state index contributed by atoms with van der Waals surface area (Å²) in [6.45, 7) is 2.32. The first-order valence-electron chi connectivity index (χ1n) is 6.35. The second kappa shape index (κ2) is 6.29. The number of nitrogens with one attached hydrogen (secondary N) is 1. The minimum absolute atomic E-state index is 0.0873. The highest BCUT2D eigenvalue weighted by Gasteiger charge is 2.10. The Hall–Kier alpha value is -1.94. The zero-order valence-electron chi connectivity index (χ0n) is 11.2. The van der Waals surface area contributed by atoms with Gasteiger partial charge in [0, 0.05) is 25.2 Å². The van der Waals surface area contributed by atoms with Crippen molar-refractivity contribution in [3.63, 3.8) is 0 Å². The Bertz CT molecular complexity index is 564. The SMILES string of the molecule is COC(C)C(=O)NCCc1cccc2cccnc12. The number of nitrogens with zero attached hydrogens (tertiary/aromatic N) is 1. The van der Waals surface area contributed by atoms with Crippen LogP contribution in [0, 0.1) is 0 Å². The molecular formula is C15H18N2O2. The number of fused-ring (bicyclic) bond motifs is 1. The van der Waals surface area contributed by atoms with Crippen LogP contribution in [-0.4, -0.2) is 30.6 Å². The van der Waals surface area contributed by atoms with Gasteiger partial charge in [-0.15, -0.1) is 0 Å². The second-order valence-corrected chi connectivity index (χ2v) is 4.41. The van der Waals surface area contributed by atoms with Gasteiger partial charge in [0.25, 0.3) is 0 Å². The summed E-state index contributed by atoms with van der Waals surface area (Å²) in [4.78, 5) is 16.0. The zero-order valence-corrected chi connectivity index (χ0v) is 11.2. The Kier molecular flexibility index (Phi) is 4.47. The molecule has 0 saturated heterocycles. The Balaban J connectivity index is 2.01. The van der Waals surface area contributed by atoms with E-state index in [2.05, 4.69) is 10.3 Å². The van der Waals surface area contributed by atoms with Crippen molar-refractivity contribution in [1.82, 2.24) is 10.3 Å². The van der Waals surface area contributed by atoms with Crippen molar-refractivity contribution >= 4 is 16.8 Å². The lowest BCUT2D eigenvalue weighted by atomic mass is 10.1. The Morgan fingerprint density at radius 1 is 1.37 bits per heavy atom. The van der Waals surface area contributed by atoms with Crippen LogP contribution >= 0.6 is 0 Å². The number of benzene rings is 1. The predicted octanol–water partition coefficient (Wildman–Crippen LogP) is 1.93. The third kappa shape index (κ3) is 3.29. The summed E-state index contributed by atoms with van der Waals surface area (Å²) in [6, 6.07) is 10.1. The van der Waals surface area contributed by atoms with Crippen molar-refractivity contribution in [1.29, 1.82) is 0 Å². The lowest BCUT2D eigenvalue weighted by Crippen LogP contribution is -2.35. The number of methoxy groups -OCH3 is 1. The maximum Gasteiger partial charge on any atom is 0.248 e. The van der Waals surface area contributed by atoms with Crippen LogP contribution in [0.15, 0.2) is 36.5 Å². The Labute approximate surface area is 112 Å². The zero-order chi connectivity index (χ0) is 13.7. The number of para-hydroxylation sites is 1. The summed E-state index contributed by atoms with van der Waals surface area (Å²) in [5.41, 5.74) is 2.14. The minimum Gasteiger partial charge on any atom is -0.372 e. The van der Waals surface area contributed by atoms with Gasteiger partial charge in [0.05, 0.1) is 5.52 Å². The number of pyridine rings is 1. The lowest BCUT2D eigenvalue weighted by molar-refractivity contribution is -0.129. The molecule has 1 unspecified atom stereocenters. The van der Waals surface area contributed by atoms with Crippen molar-refractivity contribution in [3.05, 3.63) is 42.1 Å². The molecule has 100 valence electrons. The van der Waals surface area contributed by atoms with E-state index in [1.54, 1.807) is 13.1 Å². The van der Waals surface area contributed by atoms with Crippen molar-refractivity contribution in [2.45, 2.75) is 19.4 Å². The van der Waals surface area contributed by atoms with Crippen LogP contribution in [0.1, 0.15) is 12.5 Å². The molecule has 4 nitrogen and oxygen atoms in total. The van der Waals surface area contributed by atoms with Gasteiger partial charge in [-0.05, 0) is 25.0 Å². The topological polar surface area (TPSA) is 51.2 Å². The molecule has 0 spiro atoms. The lowest BCUT2D eigenvalue weighted by Gasteiger charge is -2.11. The van der Waals surface area contributed by atoms with Gasteiger partial charge in [0.2, 0.25) is 5.91 Å². The first-order chi connectivity index (χ1) is 9.22. The van der Waals surface area contributed by atoms with Crippen molar-refractivity contribution in [3.8, 4) is 0 Å². The number of aromatic nitrogens is 1. The molecule has 2 rings (SSSR count). The third-order valence-electron chi connectivity index (χ3n) is 3.13. The molecule has 0 aliphatic carbocycles. The Morgan fingerprint density at radius 2 is 2.16 bits per heavy atom. The summed E-state index contributed by atoms with van der Waals surface area (Å²) in [6.07, 6.45) is 2.14. The van der Waals surface area contributed by atoms with E-state index in [9.17, 15) is 4.79 Å². The fraction of sp³-hybridized carbons (Fsp3) is 0.333. The van der Waals surface area contributed by atoms with Gasteiger partial charge in [0.15, 0.2) is 0 Å². The second-order valence-electron chi connectivity index (χ2n) is 4.41. The molecule has 0 bridgehead atoms. The van der Waals surface area contributed by atoms with E-state index in [0.717, 1.165) is 22.9 Å². The number of ether oxygens (including phenoxy) is 1. The third-order valence-corrected chi connectivity index (χ3v) is 3.13. The molecule has 1 atom stereocenters. The van der Waals surface area contributed by atoms with Gasteiger partial charge in [0.1, 0.15) is 6.10 Å². The number of hydrogen-bond acceptors (Lipinski definition) is 3. The van der Waals surface area contributed by atoms with E-state index in [4.69, 9.17) is 4.74 Å². The summed E-state index contributed by atoms with van der Waals surface area (Å²) in [7, 11) is 1.53. The fourth-order valence-electron chi connectivity index (χ4n) is 1.94. The van der Waals surface area contributed by atoms with Gasteiger partial charge >= 0.3 is 0 Å². The van der Waals surface area contributed by atoms with Gasteiger partial charge in [-0.25, -0.2) is 0 Å². The largest absolute Gasteiger partial charge is 0.372 e. The van der Waals surface area contributed by atoms with E-state index < -0.39 is 6.10 Å². The van der Waals surface area contributed by atoms with Crippen LogP contribution in [0.3, 0.4) is 0 Å². The van der Waals surface area contributed by atoms with E-state index in [-0.39, 0.29) is 5.91 Å². The molecule has 0 saturated carbocycles. The van der Waals surface area contributed by atoms with Gasteiger partial charge in [-0.3, -0.25) is 9.78 Å². The highest BCUT2D eigenvalue weighted by atomic mass is 16.5. The number of amides is 1. The smallest absolute Gasteiger partial charge is 0.248 e. The monoisotopic (exact) mass is 258 g/mol. The van der Waals surface area contributed by atoms with E-state index in [0.29, 0.717) is 6.54 Å². The number of hydrogen-bond donors (Lipinski definition) is 1. The standard InChI is InChI=1S/C15H18N2O2/c1-11(19-2)15(18)17-10-8-13-6-3-5-12-7-4-9-16-14(12)13/h3-7,9,11H,8,10H2,1-2H3,(H,17,18). The van der Waals surface area contributed by atoms with Crippen LogP contribution < -0.4 is 5.32 Å². The molecule has 1 aromatic heterocycles. The predicted molar refractivity (Wildman–Crippen MR) is 74.9 cm³/mol. The molecule has 1 heterocycles. The summed E-state index contributed by atoms with van der Waals surface area (Å²) >= 11 is 0. The van der Waals surface area contributed by atoms with Crippen LogP contribution in [0.5, 0.6) is 0 Å². The minimum atomic E-state index is -0.411. The molecule has 2 aromatic rings. The molecular weight excluding hydrogens is 240 g/mol. The van der Waals surface area contributed by atoms with E-state index in [1.165, 1.54) is 7.11 Å². The average molecular weight is 258 g/mol. The molecule has 1 amide bonds. The molecule has 4 heteroatoms. The first-order valence-corrected chi connectivity index (χ1v) is 6.35. The van der Waals surface area contributed by atoms with Crippen LogP contribution in [0.25, 0.3) is 10.9 Å². The van der Waals surface area contributed by atoms with Crippen molar-refractivity contribution in [2.24, 2.45) is 0 Å². The van der Waals surface area contributed by atoms with Crippen molar-refractivity contribution in [2.75, 3.05) is 13.7 Å². The number of rotatable bonds is 5. The molecule has 1 aromatic carbocycles. The summed E-state index contributed by atoms with van der Waals surface area (Å²) in [5, 5.41) is 3.98.